The quantitative estimate of drug-likeness (QED) is 0.843. The molecule has 2 aromatic rings. The topological polar surface area (TPSA) is 92.4 Å². The standard InChI is InChI=1S/C19H19N3O4/c1-12-2-4-16-13(10-12)15(23)11-19(26-16)6-8-22(9-7-19)18(25)14-3-5-17(24)21-20-14/h2-5,10H,6-9,11H2,1H3,(H,21,24). The minimum atomic E-state index is -0.547. The lowest BCUT2D eigenvalue weighted by atomic mass is 9.82. The fourth-order valence-corrected chi connectivity index (χ4v) is 3.63. The van der Waals surface area contributed by atoms with Crippen molar-refractivity contribution in [2.24, 2.45) is 0 Å². The van der Waals surface area contributed by atoms with Crippen LogP contribution in [0.2, 0.25) is 0 Å². The largest absolute Gasteiger partial charge is 0.486 e. The molecular formula is C19H19N3O4. The monoisotopic (exact) mass is 353 g/mol. The fraction of sp³-hybridized carbons (Fsp3) is 0.368. The number of aryl methyl sites for hydroxylation is 1. The summed E-state index contributed by atoms with van der Waals surface area (Å²) in [4.78, 5) is 37.9. The Bertz CT molecular complexity index is 922. The second-order valence-corrected chi connectivity index (χ2v) is 6.98. The van der Waals surface area contributed by atoms with Gasteiger partial charge >= 0.3 is 0 Å². The lowest BCUT2D eigenvalue weighted by molar-refractivity contribution is -0.00589. The van der Waals surface area contributed by atoms with Crippen LogP contribution in [0.4, 0.5) is 0 Å². The number of likely N-dealkylation sites (tertiary alicyclic amines) is 1. The Labute approximate surface area is 150 Å². The number of rotatable bonds is 1. The SMILES string of the molecule is Cc1ccc2c(c1)C(=O)CC1(CCN(C(=O)c3ccc(=O)[nH]n3)CC1)O2. The number of fused-ring (bicyclic) bond motifs is 1. The van der Waals surface area contributed by atoms with Gasteiger partial charge in [-0.15, -0.1) is 0 Å². The highest BCUT2D eigenvalue weighted by atomic mass is 16.5. The van der Waals surface area contributed by atoms with Crippen molar-refractivity contribution in [3.05, 3.63) is 57.5 Å². The molecule has 1 amide bonds. The van der Waals surface area contributed by atoms with E-state index < -0.39 is 5.60 Å². The van der Waals surface area contributed by atoms with E-state index in [1.165, 1.54) is 12.1 Å². The molecule has 1 N–H and O–H groups in total. The van der Waals surface area contributed by atoms with Gasteiger partial charge in [0.2, 0.25) is 0 Å². The number of hydrogen-bond donors (Lipinski definition) is 1. The third-order valence-corrected chi connectivity index (χ3v) is 5.10. The van der Waals surface area contributed by atoms with E-state index in [0.717, 1.165) is 5.56 Å². The van der Waals surface area contributed by atoms with Crippen molar-refractivity contribution in [1.29, 1.82) is 0 Å². The second-order valence-electron chi connectivity index (χ2n) is 6.98. The third kappa shape index (κ3) is 2.89. The molecule has 1 saturated heterocycles. The van der Waals surface area contributed by atoms with Crippen LogP contribution in [0.25, 0.3) is 0 Å². The number of nitrogens with one attached hydrogen (secondary N) is 1. The average Bonchev–Trinajstić information content (AvgIpc) is 2.63. The number of nitrogens with zero attached hydrogens (tertiary/aromatic N) is 2. The summed E-state index contributed by atoms with van der Waals surface area (Å²) < 4.78 is 6.21. The minimum Gasteiger partial charge on any atom is -0.486 e. The summed E-state index contributed by atoms with van der Waals surface area (Å²) in [5.74, 6) is 0.500. The van der Waals surface area contributed by atoms with E-state index in [1.807, 2.05) is 25.1 Å². The Morgan fingerprint density at radius 2 is 1.96 bits per heavy atom. The van der Waals surface area contributed by atoms with Gasteiger partial charge < -0.3 is 9.64 Å². The van der Waals surface area contributed by atoms with Crippen LogP contribution >= 0.6 is 0 Å². The van der Waals surface area contributed by atoms with E-state index >= 15 is 0 Å². The maximum absolute atomic E-state index is 12.6. The summed E-state index contributed by atoms with van der Waals surface area (Å²) >= 11 is 0. The molecule has 26 heavy (non-hydrogen) atoms. The molecule has 0 bridgehead atoms. The number of ether oxygens (including phenoxy) is 1. The molecule has 7 heteroatoms. The zero-order valence-electron chi connectivity index (χ0n) is 14.4. The molecule has 1 aromatic carbocycles. The van der Waals surface area contributed by atoms with Crippen LogP contribution in [0.15, 0.2) is 35.1 Å². The Balaban J connectivity index is 1.49. The number of piperidine rings is 1. The van der Waals surface area contributed by atoms with Gasteiger partial charge in [-0.2, -0.15) is 5.10 Å². The van der Waals surface area contributed by atoms with Gasteiger partial charge in [0.05, 0.1) is 12.0 Å². The normalized spacial score (nSPS) is 18.3. The average molecular weight is 353 g/mol. The molecule has 3 heterocycles. The Kier molecular flexibility index (Phi) is 3.86. The fourth-order valence-electron chi connectivity index (χ4n) is 3.63. The van der Waals surface area contributed by atoms with E-state index in [1.54, 1.807) is 4.90 Å². The molecule has 134 valence electrons. The Hall–Kier alpha value is -2.96. The van der Waals surface area contributed by atoms with Gasteiger partial charge in [0, 0.05) is 32.0 Å². The number of ketones is 1. The van der Waals surface area contributed by atoms with Crippen LogP contribution in [-0.4, -0.2) is 45.5 Å². The first kappa shape index (κ1) is 16.5. The summed E-state index contributed by atoms with van der Waals surface area (Å²) in [5, 5.41) is 6.07. The molecule has 0 aliphatic carbocycles. The van der Waals surface area contributed by atoms with Gasteiger partial charge in [-0.05, 0) is 25.1 Å². The van der Waals surface area contributed by atoms with Crippen molar-refractivity contribution in [3.63, 3.8) is 0 Å². The summed E-state index contributed by atoms with van der Waals surface area (Å²) in [5.41, 5.74) is 0.996. The molecule has 2 aliphatic heterocycles. The van der Waals surface area contributed by atoms with E-state index in [4.69, 9.17) is 4.74 Å². The van der Waals surface area contributed by atoms with E-state index in [0.29, 0.717) is 43.7 Å². The molecule has 1 fully saturated rings. The van der Waals surface area contributed by atoms with Crippen molar-refractivity contribution in [2.75, 3.05) is 13.1 Å². The maximum atomic E-state index is 12.6. The van der Waals surface area contributed by atoms with Gasteiger partial charge in [-0.3, -0.25) is 14.4 Å². The smallest absolute Gasteiger partial charge is 0.274 e. The molecule has 0 unspecified atom stereocenters. The zero-order valence-corrected chi connectivity index (χ0v) is 14.4. The van der Waals surface area contributed by atoms with Crippen LogP contribution in [0.3, 0.4) is 0 Å². The number of amides is 1. The number of hydrogen-bond acceptors (Lipinski definition) is 5. The van der Waals surface area contributed by atoms with Crippen LogP contribution in [0.5, 0.6) is 5.75 Å². The summed E-state index contributed by atoms with van der Waals surface area (Å²) in [6.07, 6.45) is 1.50. The van der Waals surface area contributed by atoms with Gasteiger partial charge in [-0.25, -0.2) is 5.10 Å². The van der Waals surface area contributed by atoms with Gasteiger partial charge in [-0.1, -0.05) is 11.6 Å². The van der Waals surface area contributed by atoms with Gasteiger partial charge in [0.15, 0.2) is 5.78 Å². The van der Waals surface area contributed by atoms with Gasteiger partial charge in [0.25, 0.3) is 11.5 Å². The van der Waals surface area contributed by atoms with Crippen LogP contribution in [0, 0.1) is 6.92 Å². The molecule has 1 aromatic heterocycles. The zero-order chi connectivity index (χ0) is 18.3. The second kappa shape index (κ2) is 6.09. The van der Waals surface area contributed by atoms with Crippen molar-refractivity contribution in [3.8, 4) is 5.75 Å². The highest BCUT2D eigenvalue weighted by molar-refractivity contribution is 6.00. The summed E-state index contributed by atoms with van der Waals surface area (Å²) in [6.45, 7) is 2.91. The third-order valence-electron chi connectivity index (χ3n) is 5.10. The Morgan fingerprint density at radius 1 is 1.19 bits per heavy atom. The highest BCUT2D eigenvalue weighted by Gasteiger charge is 2.43. The molecule has 7 nitrogen and oxygen atoms in total. The molecule has 4 rings (SSSR count). The summed E-state index contributed by atoms with van der Waals surface area (Å²) in [6, 6.07) is 8.36. The van der Waals surface area contributed by atoms with Crippen molar-refractivity contribution < 1.29 is 14.3 Å². The molecule has 0 atom stereocenters. The number of carbonyl (C=O) groups is 2. The van der Waals surface area contributed by atoms with E-state index in [2.05, 4.69) is 10.2 Å². The van der Waals surface area contributed by atoms with Crippen LogP contribution in [0.1, 0.15) is 45.7 Å². The highest BCUT2D eigenvalue weighted by Crippen LogP contribution is 2.39. The molecule has 1 spiro atoms. The maximum Gasteiger partial charge on any atom is 0.274 e. The minimum absolute atomic E-state index is 0.0945. The van der Waals surface area contributed by atoms with Crippen molar-refractivity contribution in [2.45, 2.75) is 31.8 Å². The van der Waals surface area contributed by atoms with Gasteiger partial charge in [0.1, 0.15) is 17.0 Å². The molecule has 0 radical (unpaired) electrons. The summed E-state index contributed by atoms with van der Waals surface area (Å²) in [7, 11) is 0. The predicted octanol–water partition coefficient (Wildman–Crippen LogP) is 1.72. The number of carbonyl (C=O) groups excluding carboxylic acids is 2. The first-order valence-electron chi connectivity index (χ1n) is 8.64. The lowest BCUT2D eigenvalue weighted by Crippen LogP contribution is -2.52. The number of H-pyrrole nitrogens is 1. The van der Waals surface area contributed by atoms with E-state index in [-0.39, 0.29) is 22.9 Å². The van der Waals surface area contributed by atoms with Crippen molar-refractivity contribution >= 4 is 11.7 Å². The molecule has 2 aliphatic rings. The first-order chi connectivity index (χ1) is 12.5. The molecule has 0 saturated carbocycles. The number of benzene rings is 1. The predicted molar refractivity (Wildman–Crippen MR) is 93.5 cm³/mol. The van der Waals surface area contributed by atoms with Crippen molar-refractivity contribution in [1.82, 2.24) is 15.1 Å². The number of aromatic nitrogens is 2. The number of Topliss-reactive ketones (excluding diaryl/α,β-unsaturated/α-hetero) is 1. The molecular weight excluding hydrogens is 334 g/mol. The Morgan fingerprint density at radius 3 is 2.65 bits per heavy atom. The number of aromatic amines is 1. The van der Waals surface area contributed by atoms with Crippen LogP contribution in [-0.2, 0) is 0 Å². The van der Waals surface area contributed by atoms with Crippen LogP contribution < -0.4 is 10.3 Å². The lowest BCUT2D eigenvalue weighted by Gasteiger charge is -2.43. The van der Waals surface area contributed by atoms with E-state index in [9.17, 15) is 14.4 Å². The first-order valence-corrected chi connectivity index (χ1v) is 8.64.